The Labute approximate surface area is 233 Å². The summed E-state index contributed by atoms with van der Waals surface area (Å²) in [5.74, 6) is -2.27. The maximum atomic E-state index is 14.5. The van der Waals surface area contributed by atoms with Crippen LogP contribution in [0.5, 0.6) is 11.5 Å². The molecule has 1 amide bonds. The number of carbonyl (C=O) groups excluding carboxylic acids is 1. The van der Waals surface area contributed by atoms with E-state index in [1.165, 1.54) is 17.4 Å². The van der Waals surface area contributed by atoms with Crippen LogP contribution in [-0.2, 0) is 4.79 Å². The van der Waals surface area contributed by atoms with Crippen molar-refractivity contribution >= 4 is 45.8 Å². The average Bonchev–Trinajstić information content (AvgIpc) is 2.97. The summed E-state index contributed by atoms with van der Waals surface area (Å²) in [7, 11) is 1.75. The summed E-state index contributed by atoms with van der Waals surface area (Å²) in [6.45, 7) is 3.80. The molecule has 1 fully saturated rings. The number of ether oxygens (including phenoxy) is 1. The number of amides is 1. The molecule has 14 heteroatoms. The summed E-state index contributed by atoms with van der Waals surface area (Å²) in [6.07, 6.45) is 3.77. The summed E-state index contributed by atoms with van der Waals surface area (Å²) in [6, 6.07) is 10.7. The maximum Gasteiger partial charge on any atom is 0.282 e. The van der Waals surface area contributed by atoms with Gasteiger partial charge in [0.2, 0.25) is 11.9 Å². The number of rotatable bonds is 8. The second-order valence-electron chi connectivity index (χ2n) is 9.31. The van der Waals surface area contributed by atoms with Crippen LogP contribution in [0.3, 0.4) is 0 Å². The first-order chi connectivity index (χ1) is 19.7. The molecule has 0 radical (unpaired) electrons. The van der Waals surface area contributed by atoms with Crippen LogP contribution in [0, 0.1) is 12.5 Å². The number of fused-ring (bicyclic) bond motifs is 1. The largest absolute Gasteiger partial charge is 0.457 e. The highest BCUT2D eigenvalue weighted by Crippen LogP contribution is 2.34. The molecule has 1 aliphatic rings. The third-order valence-electron chi connectivity index (χ3n) is 6.34. The van der Waals surface area contributed by atoms with Crippen LogP contribution in [0.25, 0.3) is 11.0 Å². The molecule has 0 saturated carbocycles. The van der Waals surface area contributed by atoms with E-state index in [0.29, 0.717) is 45.4 Å². The predicted octanol–water partition coefficient (Wildman–Crippen LogP) is 5.40. The molecule has 210 valence electrons. The van der Waals surface area contributed by atoms with E-state index in [2.05, 4.69) is 42.3 Å². The standard InChI is InChI=1S/C27H26F2N10O2/c1-4-23(40)38-12-27(28,29)13-39(15-38)26-32-11-21-24(36-26)25(34-14-33-21)35-17-5-8-22(16(2)9-17)41-18-6-7-19(31-3)20(10-18)37-30/h4-11,14,30-31H,1,12-13,15H2,2-3H3,(H,33,34,35). The Hall–Kier alpha value is -5.27. The molecule has 0 atom stereocenters. The smallest absolute Gasteiger partial charge is 0.282 e. The molecule has 0 unspecified atom stereocenters. The summed E-state index contributed by atoms with van der Waals surface area (Å²) < 4.78 is 34.9. The van der Waals surface area contributed by atoms with E-state index in [0.717, 1.165) is 16.5 Å². The first-order valence-electron chi connectivity index (χ1n) is 12.5. The molecule has 12 nitrogen and oxygen atoms in total. The lowest BCUT2D eigenvalue weighted by Gasteiger charge is -2.39. The molecule has 1 aliphatic heterocycles. The highest BCUT2D eigenvalue weighted by molar-refractivity contribution is 5.88. The molecule has 0 bridgehead atoms. The van der Waals surface area contributed by atoms with Crippen LogP contribution in [0.2, 0.25) is 0 Å². The van der Waals surface area contributed by atoms with Gasteiger partial charge in [-0.3, -0.25) is 4.79 Å². The topological polar surface area (TPSA) is 145 Å². The van der Waals surface area contributed by atoms with Crippen molar-refractivity contribution in [1.82, 2.24) is 24.8 Å². The van der Waals surface area contributed by atoms with E-state index in [-0.39, 0.29) is 12.6 Å². The number of nitrogens with one attached hydrogen (secondary N) is 3. The number of benzene rings is 2. The summed E-state index contributed by atoms with van der Waals surface area (Å²) in [5, 5.41) is 9.70. The number of aromatic nitrogens is 4. The van der Waals surface area contributed by atoms with Crippen LogP contribution in [0.1, 0.15) is 5.56 Å². The first-order valence-corrected chi connectivity index (χ1v) is 12.5. The van der Waals surface area contributed by atoms with Gasteiger partial charge < -0.3 is 25.2 Å². The molecular weight excluding hydrogens is 534 g/mol. The van der Waals surface area contributed by atoms with Gasteiger partial charge in [0.25, 0.3) is 5.92 Å². The van der Waals surface area contributed by atoms with Gasteiger partial charge in [0.05, 0.1) is 31.6 Å². The zero-order valence-corrected chi connectivity index (χ0v) is 22.2. The number of alkyl halides is 2. The lowest BCUT2D eigenvalue weighted by molar-refractivity contribution is -0.134. The van der Waals surface area contributed by atoms with Crippen LogP contribution in [-0.4, -0.2) is 63.5 Å². The van der Waals surface area contributed by atoms with Crippen molar-refractivity contribution < 1.29 is 18.3 Å². The van der Waals surface area contributed by atoms with Crippen molar-refractivity contribution in [3.05, 3.63) is 67.1 Å². The number of carbonyl (C=O) groups is 1. The number of aryl methyl sites for hydroxylation is 1. The normalized spacial score (nSPS) is 14.4. The molecule has 2 aromatic carbocycles. The summed E-state index contributed by atoms with van der Waals surface area (Å²) in [5.41, 5.74) is 10.7. The zero-order chi connectivity index (χ0) is 29.1. The minimum Gasteiger partial charge on any atom is -0.457 e. The Bertz CT molecular complexity index is 1650. The minimum atomic E-state index is -3.16. The fraction of sp³-hybridized carbons (Fsp3) is 0.222. The average molecular weight is 561 g/mol. The van der Waals surface area contributed by atoms with E-state index in [9.17, 15) is 13.6 Å². The summed E-state index contributed by atoms with van der Waals surface area (Å²) in [4.78, 5) is 31.5. The predicted molar refractivity (Wildman–Crippen MR) is 150 cm³/mol. The minimum absolute atomic E-state index is 0.0135. The highest BCUT2D eigenvalue weighted by atomic mass is 19.3. The molecule has 2 aromatic heterocycles. The van der Waals surface area contributed by atoms with Crippen LogP contribution in [0.15, 0.2) is 66.7 Å². The molecule has 3 N–H and O–H groups in total. The number of hydrogen-bond donors (Lipinski definition) is 3. The SMILES string of the molecule is C=CC(=O)N1CN(c2ncc3ncnc(Nc4ccc(Oc5ccc(NC)c(N=N)c5)c(C)c4)c3n2)CC(F)(F)C1. The quantitative estimate of drug-likeness (QED) is 0.191. The van der Waals surface area contributed by atoms with Crippen LogP contribution in [0.4, 0.5) is 37.6 Å². The van der Waals surface area contributed by atoms with Crippen LogP contribution < -0.4 is 20.3 Å². The number of anilines is 4. The monoisotopic (exact) mass is 560 g/mol. The van der Waals surface area contributed by atoms with Gasteiger partial charge in [-0.15, -0.1) is 0 Å². The molecule has 41 heavy (non-hydrogen) atoms. The van der Waals surface area contributed by atoms with Crippen molar-refractivity contribution in [3.8, 4) is 11.5 Å². The van der Waals surface area contributed by atoms with E-state index in [1.807, 2.05) is 13.0 Å². The maximum absolute atomic E-state index is 14.5. The van der Waals surface area contributed by atoms with E-state index in [4.69, 9.17) is 10.3 Å². The lowest BCUT2D eigenvalue weighted by atomic mass is 10.2. The Morgan fingerprint density at radius 1 is 1.20 bits per heavy atom. The van der Waals surface area contributed by atoms with Gasteiger partial charge in [-0.05, 0) is 48.9 Å². The van der Waals surface area contributed by atoms with Crippen molar-refractivity contribution in [2.24, 2.45) is 5.11 Å². The number of halogens is 2. The van der Waals surface area contributed by atoms with Gasteiger partial charge in [-0.25, -0.2) is 34.2 Å². The molecule has 5 rings (SSSR count). The molecule has 1 saturated heterocycles. The Balaban J connectivity index is 1.39. The van der Waals surface area contributed by atoms with Crippen molar-refractivity contribution in [1.29, 1.82) is 5.53 Å². The van der Waals surface area contributed by atoms with Crippen molar-refractivity contribution in [3.63, 3.8) is 0 Å². The molecule has 4 aromatic rings. The first kappa shape index (κ1) is 27.3. The van der Waals surface area contributed by atoms with E-state index >= 15 is 0 Å². The van der Waals surface area contributed by atoms with Crippen molar-refractivity contribution in [2.75, 3.05) is 42.3 Å². The van der Waals surface area contributed by atoms with Gasteiger partial charge in [-0.1, -0.05) is 6.58 Å². The van der Waals surface area contributed by atoms with Gasteiger partial charge in [-0.2, -0.15) is 5.11 Å². The van der Waals surface area contributed by atoms with Gasteiger partial charge in [0.15, 0.2) is 5.82 Å². The van der Waals surface area contributed by atoms with Gasteiger partial charge >= 0.3 is 0 Å². The molecule has 3 heterocycles. The van der Waals surface area contributed by atoms with Gasteiger partial charge in [0.1, 0.15) is 34.5 Å². The number of nitrogens with zero attached hydrogens (tertiary/aromatic N) is 7. The van der Waals surface area contributed by atoms with E-state index in [1.54, 1.807) is 37.4 Å². The van der Waals surface area contributed by atoms with Crippen molar-refractivity contribution in [2.45, 2.75) is 12.8 Å². The fourth-order valence-electron chi connectivity index (χ4n) is 4.40. The highest BCUT2D eigenvalue weighted by Gasteiger charge is 2.41. The second-order valence-corrected chi connectivity index (χ2v) is 9.31. The summed E-state index contributed by atoms with van der Waals surface area (Å²) >= 11 is 0. The van der Waals surface area contributed by atoms with E-state index < -0.39 is 24.9 Å². The van der Waals surface area contributed by atoms with Crippen LogP contribution >= 0.6 is 0 Å². The Morgan fingerprint density at radius 3 is 2.76 bits per heavy atom. The molecular formula is C27H26F2N10O2. The lowest BCUT2D eigenvalue weighted by Crippen LogP contribution is -2.57. The van der Waals surface area contributed by atoms with Gasteiger partial charge in [0, 0.05) is 18.8 Å². The second kappa shape index (κ2) is 11.1. The molecule has 0 aliphatic carbocycles. The zero-order valence-electron chi connectivity index (χ0n) is 22.2. The Kier molecular flexibility index (Phi) is 7.38. The Morgan fingerprint density at radius 2 is 2.02 bits per heavy atom. The fourth-order valence-corrected chi connectivity index (χ4v) is 4.40. The third kappa shape index (κ3) is 5.85. The number of hydrogen-bond acceptors (Lipinski definition) is 11. The molecule has 0 spiro atoms. The third-order valence-corrected chi connectivity index (χ3v) is 6.34.